The van der Waals surface area contributed by atoms with Gasteiger partial charge in [-0.2, -0.15) is 0 Å². The van der Waals surface area contributed by atoms with Crippen LogP contribution in [0.4, 0.5) is 5.69 Å². The number of anilines is 1. The Kier molecular flexibility index (Phi) is 5.46. The molecule has 0 radical (unpaired) electrons. The summed E-state index contributed by atoms with van der Waals surface area (Å²) in [6, 6.07) is 7.42. The quantitative estimate of drug-likeness (QED) is 0.820. The number of nitrogens with one attached hydrogen (secondary N) is 1. The third-order valence-corrected chi connectivity index (χ3v) is 5.39. The Morgan fingerprint density at radius 2 is 1.91 bits per heavy atom. The first kappa shape index (κ1) is 15.9. The molecule has 0 saturated carbocycles. The van der Waals surface area contributed by atoms with Crippen molar-refractivity contribution < 1.29 is 8.76 Å². The highest BCUT2D eigenvalue weighted by atomic mass is 32.2. The summed E-state index contributed by atoms with van der Waals surface area (Å²) >= 11 is -1.90. The summed E-state index contributed by atoms with van der Waals surface area (Å²) in [5.74, 6) is 0.841. The van der Waals surface area contributed by atoms with Crippen molar-refractivity contribution in [1.82, 2.24) is 10.2 Å². The van der Waals surface area contributed by atoms with Gasteiger partial charge in [0.2, 0.25) is 0 Å². The standard InChI is InChI=1S/C16H25N3O2S/c20-22(21)16-3-1-2-15(12-16)19-10-8-18(9-11-19)13-14-4-6-17-7-5-14/h1-3,12,14,17H,4-11,13H2,(H,20,21). The lowest BCUT2D eigenvalue weighted by Crippen LogP contribution is -2.48. The minimum atomic E-state index is -1.90. The molecule has 5 nitrogen and oxygen atoms in total. The van der Waals surface area contributed by atoms with Crippen LogP contribution in [0.3, 0.4) is 0 Å². The van der Waals surface area contributed by atoms with Crippen LogP contribution < -0.4 is 10.2 Å². The fourth-order valence-electron chi connectivity index (χ4n) is 3.41. The van der Waals surface area contributed by atoms with Gasteiger partial charge in [-0.25, -0.2) is 4.21 Å². The van der Waals surface area contributed by atoms with E-state index in [9.17, 15) is 8.76 Å². The van der Waals surface area contributed by atoms with Crippen molar-refractivity contribution in [2.24, 2.45) is 5.92 Å². The molecule has 2 fully saturated rings. The van der Waals surface area contributed by atoms with Crippen LogP contribution in [-0.4, -0.2) is 59.5 Å². The lowest BCUT2D eigenvalue weighted by atomic mass is 9.97. The van der Waals surface area contributed by atoms with Crippen molar-refractivity contribution in [2.45, 2.75) is 17.7 Å². The van der Waals surface area contributed by atoms with E-state index < -0.39 is 11.1 Å². The predicted molar refractivity (Wildman–Crippen MR) is 89.7 cm³/mol. The van der Waals surface area contributed by atoms with E-state index in [1.165, 1.54) is 19.4 Å². The van der Waals surface area contributed by atoms with Crippen molar-refractivity contribution >= 4 is 16.8 Å². The molecule has 2 aliphatic rings. The molecule has 2 heterocycles. The van der Waals surface area contributed by atoms with Crippen LogP contribution in [0.15, 0.2) is 29.2 Å². The van der Waals surface area contributed by atoms with Gasteiger partial charge in [0.05, 0.1) is 4.90 Å². The normalized spacial score (nSPS) is 22.7. The summed E-state index contributed by atoms with van der Waals surface area (Å²) in [5.41, 5.74) is 1.06. The summed E-state index contributed by atoms with van der Waals surface area (Å²) in [5, 5.41) is 3.42. The Bertz CT molecular complexity index is 512. The molecular weight excluding hydrogens is 298 g/mol. The maximum atomic E-state index is 11.2. The van der Waals surface area contributed by atoms with E-state index in [0.29, 0.717) is 4.90 Å². The van der Waals surface area contributed by atoms with E-state index in [2.05, 4.69) is 15.1 Å². The molecule has 3 rings (SSSR count). The van der Waals surface area contributed by atoms with Crippen molar-refractivity contribution in [3.63, 3.8) is 0 Å². The van der Waals surface area contributed by atoms with Crippen molar-refractivity contribution in [1.29, 1.82) is 0 Å². The number of benzene rings is 1. The second-order valence-corrected chi connectivity index (χ2v) is 7.20. The third-order valence-electron chi connectivity index (χ3n) is 4.73. The minimum absolute atomic E-state index is 0.481. The first-order valence-corrected chi connectivity index (χ1v) is 9.22. The van der Waals surface area contributed by atoms with Crippen LogP contribution in [0, 0.1) is 5.92 Å². The Morgan fingerprint density at radius 1 is 1.18 bits per heavy atom. The third kappa shape index (κ3) is 4.07. The Morgan fingerprint density at radius 3 is 2.59 bits per heavy atom. The summed E-state index contributed by atoms with van der Waals surface area (Å²) in [6.07, 6.45) is 2.59. The van der Waals surface area contributed by atoms with E-state index in [1.807, 2.05) is 18.2 Å². The molecule has 6 heteroatoms. The lowest BCUT2D eigenvalue weighted by molar-refractivity contribution is 0.196. The Hall–Kier alpha value is -0.950. The maximum absolute atomic E-state index is 11.2. The molecule has 0 aliphatic carbocycles. The van der Waals surface area contributed by atoms with Gasteiger partial charge in [0.1, 0.15) is 0 Å². The van der Waals surface area contributed by atoms with Crippen molar-refractivity contribution in [2.75, 3.05) is 50.7 Å². The minimum Gasteiger partial charge on any atom is -0.369 e. The molecule has 122 valence electrons. The van der Waals surface area contributed by atoms with Gasteiger partial charge in [-0.1, -0.05) is 6.07 Å². The van der Waals surface area contributed by atoms with E-state index in [0.717, 1.165) is 50.9 Å². The zero-order valence-electron chi connectivity index (χ0n) is 12.9. The number of rotatable bonds is 4. The van der Waals surface area contributed by atoms with Crippen LogP contribution in [0.2, 0.25) is 0 Å². The van der Waals surface area contributed by atoms with Gasteiger partial charge in [-0.15, -0.1) is 0 Å². The molecular formula is C16H25N3O2S. The largest absolute Gasteiger partial charge is 0.369 e. The molecule has 2 N–H and O–H groups in total. The Labute approximate surface area is 135 Å². The highest BCUT2D eigenvalue weighted by molar-refractivity contribution is 7.79. The SMILES string of the molecule is O=S(O)c1cccc(N2CCN(CC3CCNCC3)CC2)c1. The highest BCUT2D eigenvalue weighted by Crippen LogP contribution is 2.21. The van der Waals surface area contributed by atoms with Crippen LogP contribution >= 0.6 is 0 Å². The molecule has 0 spiro atoms. The van der Waals surface area contributed by atoms with Crippen molar-refractivity contribution in [3.8, 4) is 0 Å². The van der Waals surface area contributed by atoms with Crippen LogP contribution in [0.5, 0.6) is 0 Å². The molecule has 0 aromatic heterocycles. The lowest BCUT2D eigenvalue weighted by Gasteiger charge is -2.38. The van der Waals surface area contributed by atoms with Crippen LogP contribution in [0.25, 0.3) is 0 Å². The average Bonchev–Trinajstić information content (AvgIpc) is 2.56. The number of hydrogen-bond acceptors (Lipinski definition) is 4. The number of hydrogen-bond donors (Lipinski definition) is 2. The van der Waals surface area contributed by atoms with E-state index in [4.69, 9.17) is 0 Å². The van der Waals surface area contributed by atoms with Gasteiger partial charge in [0.15, 0.2) is 11.1 Å². The first-order chi connectivity index (χ1) is 10.7. The van der Waals surface area contributed by atoms with Gasteiger partial charge in [0.25, 0.3) is 0 Å². The predicted octanol–water partition coefficient (Wildman–Crippen LogP) is 1.39. The summed E-state index contributed by atoms with van der Waals surface area (Å²) < 4.78 is 20.4. The van der Waals surface area contributed by atoms with Gasteiger partial charge < -0.3 is 14.8 Å². The van der Waals surface area contributed by atoms with Gasteiger partial charge in [-0.3, -0.25) is 4.90 Å². The zero-order chi connectivity index (χ0) is 15.4. The highest BCUT2D eigenvalue weighted by Gasteiger charge is 2.21. The average molecular weight is 323 g/mol. The monoisotopic (exact) mass is 323 g/mol. The van der Waals surface area contributed by atoms with E-state index in [1.54, 1.807) is 6.07 Å². The van der Waals surface area contributed by atoms with Gasteiger partial charge >= 0.3 is 0 Å². The molecule has 1 aromatic rings. The topological polar surface area (TPSA) is 55.8 Å². The maximum Gasteiger partial charge on any atom is 0.186 e. The molecule has 2 aliphatic heterocycles. The van der Waals surface area contributed by atoms with Crippen LogP contribution in [-0.2, 0) is 11.1 Å². The Balaban J connectivity index is 1.52. The summed E-state index contributed by atoms with van der Waals surface area (Å²) in [4.78, 5) is 5.37. The fourth-order valence-corrected chi connectivity index (χ4v) is 3.82. The summed E-state index contributed by atoms with van der Waals surface area (Å²) in [6.45, 7) is 7.69. The molecule has 0 bridgehead atoms. The molecule has 22 heavy (non-hydrogen) atoms. The van der Waals surface area contributed by atoms with Gasteiger partial charge in [-0.05, 0) is 50.0 Å². The second-order valence-electron chi connectivity index (χ2n) is 6.23. The van der Waals surface area contributed by atoms with Gasteiger partial charge in [0, 0.05) is 38.4 Å². The molecule has 1 aromatic carbocycles. The number of piperazine rings is 1. The molecule has 0 amide bonds. The number of nitrogens with zero attached hydrogens (tertiary/aromatic N) is 2. The fraction of sp³-hybridized carbons (Fsp3) is 0.625. The second kappa shape index (κ2) is 7.55. The van der Waals surface area contributed by atoms with Crippen molar-refractivity contribution in [3.05, 3.63) is 24.3 Å². The van der Waals surface area contributed by atoms with Crippen LogP contribution in [0.1, 0.15) is 12.8 Å². The van der Waals surface area contributed by atoms with E-state index >= 15 is 0 Å². The smallest absolute Gasteiger partial charge is 0.186 e. The zero-order valence-corrected chi connectivity index (χ0v) is 13.7. The van der Waals surface area contributed by atoms with E-state index in [-0.39, 0.29) is 0 Å². The molecule has 1 atom stereocenters. The molecule has 1 unspecified atom stereocenters. The summed E-state index contributed by atoms with van der Waals surface area (Å²) in [7, 11) is 0. The number of piperidine rings is 1. The molecule has 2 saturated heterocycles. The first-order valence-electron chi connectivity index (χ1n) is 8.11.